The van der Waals surface area contributed by atoms with Crippen LogP contribution in [0.25, 0.3) is 0 Å². The van der Waals surface area contributed by atoms with Crippen molar-refractivity contribution in [2.24, 2.45) is 11.8 Å². The van der Waals surface area contributed by atoms with E-state index in [1.807, 2.05) is 37.1 Å². The van der Waals surface area contributed by atoms with Gasteiger partial charge in [0.05, 0.1) is 17.1 Å². The van der Waals surface area contributed by atoms with Crippen molar-refractivity contribution in [3.05, 3.63) is 60.1 Å². The molecule has 0 unspecified atom stereocenters. The lowest BCUT2D eigenvalue weighted by atomic mass is 9.82. The van der Waals surface area contributed by atoms with E-state index in [9.17, 15) is 21.6 Å². The highest BCUT2D eigenvalue weighted by molar-refractivity contribution is 7.89. The first kappa shape index (κ1) is 29.1. The van der Waals surface area contributed by atoms with Crippen LogP contribution in [0.2, 0.25) is 0 Å². The average molecular weight is 541 g/mol. The predicted octanol–water partition coefficient (Wildman–Crippen LogP) is 4.94. The number of nitrogens with zero attached hydrogens (tertiary/aromatic N) is 4. The monoisotopic (exact) mass is 540 g/mol. The molecule has 1 aliphatic rings. The van der Waals surface area contributed by atoms with Gasteiger partial charge in [0.15, 0.2) is 0 Å². The zero-order valence-electron chi connectivity index (χ0n) is 21.5. The van der Waals surface area contributed by atoms with E-state index in [2.05, 4.69) is 9.97 Å². The molecule has 0 saturated heterocycles. The number of alkyl halides is 3. The SMILES string of the molecule is Cc1nccc(N(C)C/C=C/COCC2CCC(CN(C)S(=O)(=O)c3ccc(C(F)(F)F)cc3)CC2)n1. The third-order valence-corrected chi connectivity index (χ3v) is 8.48. The van der Waals surface area contributed by atoms with Crippen molar-refractivity contribution in [2.45, 2.75) is 43.7 Å². The van der Waals surface area contributed by atoms with Gasteiger partial charge in [-0.15, -0.1) is 0 Å². The zero-order valence-corrected chi connectivity index (χ0v) is 22.3. The first-order valence-electron chi connectivity index (χ1n) is 12.3. The molecule has 0 aliphatic heterocycles. The molecule has 3 rings (SSSR count). The first-order valence-corrected chi connectivity index (χ1v) is 13.8. The summed E-state index contributed by atoms with van der Waals surface area (Å²) in [6, 6.07) is 5.52. The summed E-state index contributed by atoms with van der Waals surface area (Å²) in [5.74, 6) is 2.26. The molecular weight excluding hydrogens is 505 g/mol. The van der Waals surface area contributed by atoms with Gasteiger partial charge in [-0.1, -0.05) is 12.2 Å². The van der Waals surface area contributed by atoms with Crippen molar-refractivity contribution in [1.82, 2.24) is 14.3 Å². The van der Waals surface area contributed by atoms with Gasteiger partial charge in [0.25, 0.3) is 0 Å². The molecule has 0 bridgehead atoms. The van der Waals surface area contributed by atoms with Crippen molar-refractivity contribution in [3.8, 4) is 0 Å². The fourth-order valence-electron chi connectivity index (χ4n) is 4.39. The van der Waals surface area contributed by atoms with Gasteiger partial charge in [0, 0.05) is 40.0 Å². The summed E-state index contributed by atoms with van der Waals surface area (Å²) in [6.07, 6.45) is 4.97. The van der Waals surface area contributed by atoms with Crippen molar-refractivity contribution in [1.29, 1.82) is 0 Å². The average Bonchev–Trinajstić information content (AvgIpc) is 2.86. The van der Waals surface area contributed by atoms with Crippen LogP contribution in [0.5, 0.6) is 0 Å². The number of rotatable bonds is 11. The lowest BCUT2D eigenvalue weighted by Crippen LogP contribution is -2.34. The Morgan fingerprint density at radius 3 is 2.30 bits per heavy atom. The van der Waals surface area contributed by atoms with E-state index in [4.69, 9.17) is 4.74 Å². The van der Waals surface area contributed by atoms with E-state index in [1.54, 1.807) is 6.20 Å². The molecule has 0 N–H and O–H groups in total. The highest BCUT2D eigenvalue weighted by Crippen LogP contribution is 2.32. The molecule has 204 valence electrons. The Labute approximate surface area is 217 Å². The Morgan fingerprint density at radius 2 is 1.68 bits per heavy atom. The highest BCUT2D eigenvalue weighted by Gasteiger charge is 2.32. The predicted molar refractivity (Wildman–Crippen MR) is 137 cm³/mol. The Morgan fingerprint density at radius 1 is 1.03 bits per heavy atom. The summed E-state index contributed by atoms with van der Waals surface area (Å²) >= 11 is 0. The number of sulfonamides is 1. The standard InChI is InChI=1S/C26H35F3N4O3S/c1-20-30-15-14-25(31-20)32(2)16-4-5-17-36-19-22-8-6-21(7-9-22)18-33(3)37(34,35)24-12-10-23(11-13-24)26(27,28)29/h4-5,10-15,21-22H,6-9,16-19H2,1-3H3/b5-4+. The van der Waals surface area contributed by atoms with E-state index in [0.29, 0.717) is 32.2 Å². The van der Waals surface area contributed by atoms with Crippen LogP contribution in [0, 0.1) is 18.8 Å². The molecule has 0 atom stereocenters. The summed E-state index contributed by atoms with van der Waals surface area (Å²) in [7, 11) is -0.386. The van der Waals surface area contributed by atoms with Gasteiger partial charge in [0.1, 0.15) is 11.6 Å². The number of aromatic nitrogens is 2. The lowest BCUT2D eigenvalue weighted by molar-refractivity contribution is -0.137. The van der Waals surface area contributed by atoms with Crippen LogP contribution in [0.3, 0.4) is 0 Å². The van der Waals surface area contributed by atoms with Gasteiger partial charge in [-0.3, -0.25) is 0 Å². The molecule has 1 fully saturated rings. The number of likely N-dealkylation sites (N-methyl/N-ethyl adjacent to an activating group) is 1. The molecule has 1 aromatic heterocycles. The third-order valence-electron chi connectivity index (χ3n) is 6.64. The second-order valence-electron chi connectivity index (χ2n) is 9.55. The van der Waals surface area contributed by atoms with Crippen LogP contribution >= 0.6 is 0 Å². The van der Waals surface area contributed by atoms with E-state index >= 15 is 0 Å². The molecule has 1 saturated carbocycles. The van der Waals surface area contributed by atoms with Gasteiger partial charge in [0.2, 0.25) is 10.0 Å². The summed E-state index contributed by atoms with van der Waals surface area (Å²) in [5.41, 5.74) is -0.866. The van der Waals surface area contributed by atoms with Crippen molar-refractivity contribution < 1.29 is 26.3 Å². The minimum absolute atomic E-state index is 0.128. The number of hydrogen-bond acceptors (Lipinski definition) is 6. The number of ether oxygens (including phenoxy) is 1. The molecule has 2 aromatic rings. The summed E-state index contributed by atoms with van der Waals surface area (Å²) in [5, 5.41) is 0. The maximum Gasteiger partial charge on any atom is 0.416 e. The normalized spacial score (nSPS) is 19.0. The molecule has 0 amide bonds. The molecule has 0 radical (unpaired) electrons. The van der Waals surface area contributed by atoms with Crippen LogP contribution in [0.4, 0.5) is 19.0 Å². The molecule has 11 heteroatoms. The minimum atomic E-state index is -4.50. The Kier molecular flexibility index (Phi) is 10.1. The van der Waals surface area contributed by atoms with Gasteiger partial charge < -0.3 is 9.64 Å². The Bertz CT molecular complexity index is 1130. The summed E-state index contributed by atoms with van der Waals surface area (Å²) < 4.78 is 71.0. The van der Waals surface area contributed by atoms with E-state index in [1.165, 1.54) is 11.4 Å². The van der Waals surface area contributed by atoms with E-state index in [0.717, 1.165) is 61.6 Å². The lowest BCUT2D eigenvalue weighted by Gasteiger charge is -2.30. The number of benzene rings is 1. The summed E-state index contributed by atoms with van der Waals surface area (Å²) in [4.78, 5) is 10.4. The molecule has 0 spiro atoms. The van der Waals surface area contributed by atoms with Crippen LogP contribution < -0.4 is 4.90 Å². The van der Waals surface area contributed by atoms with Crippen molar-refractivity contribution in [3.63, 3.8) is 0 Å². The fourth-order valence-corrected chi connectivity index (χ4v) is 5.64. The van der Waals surface area contributed by atoms with E-state index in [-0.39, 0.29) is 10.8 Å². The molecule has 1 aliphatic carbocycles. The van der Waals surface area contributed by atoms with Crippen LogP contribution in [0.15, 0.2) is 53.6 Å². The second-order valence-corrected chi connectivity index (χ2v) is 11.6. The topological polar surface area (TPSA) is 75.6 Å². The van der Waals surface area contributed by atoms with Gasteiger partial charge >= 0.3 is 6.18 Å². The number of anilines is 1. The number of aryl methyl sites for hydroxylation is 1. The highest BCUT2D eigenvalue weighted by atomic mass is 32.2. The Hall–Kier alpha value is -2.50. The maximum atomic E-state index is 12.8. The minimum Gasteiger partial charge on any atom is -0.377 e. The molecule has 7 nitrogen and oxygen atoms in total. The van der Waals surface area contributed by atoms with Crippen molar-refractivity contribution >= 4 is 15.8 Å². The quantitative estimate of drug-likeness (QED) is 0.297. The Balaban J connectivity index is 1.35. The molecule has 1 heterocycles. The smallest absolute Gasteiger partial charge is 0.377 e. The zero-order chi connectivity index (χ0) is 27.1. The number of hydrogen-bond donors (Lipinski definition) is 0. The number of halogens is 3. The van der Waals surface area contributed by atoms with Gasteiger partial charge in [-0.2, -0.15) is 13.2 Å². The maximum absolute atomic E-state index is 12.8. The molecular formula is C26H35F3N4O3S. The van der Waals surface area contributed by atoms with Crippen LogP contribution in [0.1, 0.15) is 37.1 Å². The largest absolute Gasteiger partial charge is 0.416 e. The van der Waals surface area contributed by atoms with Crippen LogP contribution in [-0.2, 0) is 20.9 Å². The van der Waals surface area contributed by atoms with Gasteiger partial charge in [-0.05, 0) is 74.8 Å². The third kappa shape index (κ3) is 8.51. The molecule has 37 heavy (non-hydrogen) atoms. The van der Waals surface area contributed by atoms with Crippen LogP contribution in [-0.4, -0.2) is 63.1 Å². The first-order chi connectivity index (χ1) is 17.5. The molecule has 1 aromatic carbocycles. The van der Waals surface area contributed by atoms with Gasteiger partial charge in [-0.25, -0.2) is 22.7 Å². The fraction of sp³-hybridized carbons (Fsp3) is 0.538. The summed E-state index contributed by atoms with van der Waals surface area (Å²) in [6.45, 7) is 4.12. The second kappa shape index (κ2) is 12.8. The van der Waals surface area contributed by atoms with E-state index < -0.39 is 21.8 Å². The van der Waals surface area contributed by atoms with Crippen molar-refractivity contribution in [2.75, 3.05) is 45.3 Å².